The van der Waals surface area contributed by atoms with Crippen molar-refractivity contribution in [3.8, 4) is 0 Å². The molecule has 2 heterocycles. The SMILES string of the molecule is CO[C@H]1CN(c2nc3ccccc3cc2C(=O)NC(C)N)CCC1NC1CCCCC1. The van der Waals surface area contributed by atoms with Gasteiger partial charge in [-0.05, 0) is 38.3 Å². The molecule has 0 radical (unpaired) electrons. The third-order valence-electron chi connectivity index (χ3n) is 6.52. The Morgan fingerprint density at radius 2 is 2.00 bits per heavy atom. The average molecular weight is 426 g/mol. The average Bonchev–Trinajstić information content (AvgIpc) is 2.78. The van der Waals surface area contributed by atoms with Gasteiger partial charge in [0.25, 0.3) is 5.91 Å². The lowest BCUT2D eigenvalue weighted by atomic mass is 9.92. The van der Waals surface area contributed by atoms with Crippen molar-refractivity contribution in [2.45, 2.75) is 69.8 Å². The van der Waals surface area contributed by atoms with Gasteiger partial charge >= 0.3 is 0 Å². The fourth-order valence-electron chi connectivity index (χ4n) is 4.91. The zero-order valence-electron chi connectivity index (χ0n) is 18.6. The van der Waals surface area contributed by atoms with Gasteiger partial charge in [-0.25, -0.2) is 4.98 Å². The first-order valence-electron chi connectivity index (χ1n) is 11.5. The molecule has 1 aromatic heterocycles. The van der Waals surface area contributed by atoms with Crippen LogP contribution in [-0.4, -0.2) is 55.4 Å². The molecule has 3 atom stereocenters. The molecule has 1 aliphatic heterocycles. The zero-order chi connectivity index (χ0) is 21.8. The van der Waals surface area contributed by atoms with Crippen LogP contribution in [0.5, 0.6) is 0 Å². The second-order valence-electron chi connectivity index (χ2n) is 8.93. The van der Waals surface area contributed by atoms with E-state index in [1.807, 2.05) is 30.3 Å². The summed E-state index contributed by atoms with van der Waals surface area (Å²) in [7, 11) is 1.78. The summed E-state index contributed by atoms with van der Waals surface area (Å²) >= 11 is 0. The third-order valence-corrected chi connectivity index (χ3v) is 6.52. The number of nitrogens with zero attached hydrogens (tertiary/aromatic N) is 2. The Morgan fingerprint density at radius 3 is 2.74 bits per heavy atom. The summed E-state index contributed by atoms with van der Waals surface area (Å²) < 4.78 is 5.90. The van der Waals surface area contributed by atoms with Gasteiger partial charge in [0.2, 0.25) is 0 Å². The molecule has 1 saturated carbocycles. The van der Waals surface area contributed by atoms with Crippen molar-refractivity contribution in [1.82, 2.24) is 15.6 Å². The normalized spacial score (nSPS) is 23.6. The van der Waals surface area contributed by atoms with Gasteiger partial charge in [0.15, 0.2) is 0 Å². The van der Waals surface area contributed by atoms with Gasteiger partial charge < -0.3 is 26.0 Å². The van der Waals surface area contributed by atoms with E-state index >= 15 is 0 Å². The van der Waals surface area contributed by atoms with Crippen LogP contribution < -0.4 is 21.3 Å². The van der Waals surface area contributed by atoms with E-state index in [1.54, 1.807) is 14.0 Å². The van der Waals surface area contributed by atoms with E-state index in [1.165, 1.54) is 32.1 Å². The Labute approximate surface area is 184 Å². The summed E-state index contributed by atoms with van der Waals surface area (Å²) in [6, 6.07) is 10.7. The second-order valence-corrected chi connectivity index (χ2v) is 8.93. The number of nitrogens with two attached hydrogens (primary N) is 1. The Balaban J connectivity index is 1.57. The van der Waals surface area contributed by atoms with E-state index in [-0.39, 0.29) is 12.0 Å². The van der Waals surface area contributed by atoms with Crippen LogP contribution >= 0.6 is 0 Å². The number of para-hydroxylation sites is 1. The molecule has 2 aromatic rings. The number of ether oxygens (including phenoxy) is 1. The highest BCUT2D eigenvalue weighted by Gasteiger charge is 2.33. The number of aromatic nitrogens is 1. The predicted molar refractivity (Wildman–Crippen MR) is 124 cm³/mol. The van der Waals surface area contributed by atoms with Gasteiger partial charge in [-0.3, -0.25) is 4.79 Å². The molecular formula is C24H35N5O2. The maximum Gasteiger partial charge on any atom is 0.256 e. The molecule has 0 spiro atoms. The highest BCUT2D eigenvalue weighted by atomic mass is 16.5. The van der Waals surface area contributed by atoms with Crippen LogP contribution in [0.4, 0.5) is 5.82 Å². The molecule has 7 heteroatoms. The number of rotatable bonds is 6. The zero-order valence-corrected chi connectivity index (χ0v) is 18.6. The maximum atomic E-state index is 12.9. The van der Waals surface area contributed by atoms with Crippen LogP contribution in [-0.2, 0) is 4.74 Å². The third kappa shape index (κ3) is 5.17. The van der Waals surface area contributed by atoms with E-state index in [2.05, 4.69) is 15.5 Å². The number of fused-ring (bicyclic) bond motifs is 1. The van der Waals surface area contributed by atoms with Crippen molar-refractivity contribution >= 4 is 22.6 Å². The van der Waals surface area contributed by atoms with Crippen LogP contribution in [0.15, 0.2) is 30.3 Å². The van der Waals surface area contributed by atoms with E-state index in [0.717, 1.165) is 23.9 Å². The number of anilines is 1. The van der Waals surface area contributed by atoms with Crippen molar-refractivity contribution in [1.29, 1.82) is 0 Å². The van der Waals surface area contributed by atoms with Gasteiger partial charge in [-0.1, -0.05) is 37.5 Å². The quantitative estimate of drug-likeness (QED) is 0.617. The van der Waals surface area contributed by atoms with Crippen LogP contribution in [0.25, 0.3) is 10.9 Å². The standard InChI is InChI=1S/C24H35N5O2/c1-16(25)26-24(30)19-14-17-8-6-7-11-20(17)28-23(19)29-13-12-21(22(15-29)31-2)27-18-9-4-3-5-10-18/h6-8,11,14,16,18,21-22,27H,3-5,9-10,12-13,15,25H2,1-2H3,(H,26,30)/t16?,21?,22-/m0/s1. The minimum absolute atomic E-state index is 0.0493. The van der Waals surface area contributed by atoms with Crippen molar-refractivity contribution in [2.24, 2.45) is 5.73 Å². The van der Waals surface area contributed by atoms with Crippen LogP contribution in [0, 0.1) is 0 Å². The number of amides is 1. The van der Waals surface area contributed by atoms with Gasteiger partial charge in [0.1, 0.15) is 5.82 Å². The summed E-state index contributed by atoms with van der Waals surface area (Å²) in [5.74, 6) is 0.509. The van der Waals surface area contributed by atoms with Crippen LogP contribution in [0.3, 0.4) is 0 Å². The summed E-state index contributed by atoms with van der Waals surface area (Å²) in [4.78, 5) is 20.0. The molecular weight excluding hydrogens is 390 g/mol. The largest absolute Gasteiger partial charge is 0.378 e. The molecule has 1 aromatic carbocycles. The number of nitrogens with one attached hydrogen (secondary N) is 2. The monoisotopic (exact) mass is 425 g/mol. The number of hydrogen-bond donors (Lipinski definition) is 3. The van der Waals surface area contributed by atoms with Crippen molar-refractivity contribution in [3.05, 3.63) is 35.9 Å². The number of piperidine rings is 1. The highest BCUT2D eigenvalue weighted by molar-refractivity contribution is 6.02. The Morgan fingerprint density at radius 1 is 1.23 bits per heavy atom. The van der Waals surface area contributed by atoms with Crippen molar-refractivity contribution in [3.63, 3.8) is 0 Å². The van der Waals surface area contributed by atoms with Gasteiger partial charge in [0, 0.05) is 37.7 Å². The van der Waals surface area contributed by atoms with E-state index in [0.29, 0.717) is 30.0 Å². The molecule has 7 nitrogen and oxygen atoms in total. The molecule has 0 bridgehead atoms. The summed E-state index contributed by atoms with van der Waals surface area (Å²) in [5.41, 5.74) is 7.27. The number of hydrogen-bond acceptors (Lipinski definition) is 6. The summed E-state index contributed by atoms with van der Waals surface area (Å²) in [6.07, 6.45) is 7.06. The number of carbonyl (C=O) groups excluding carboxylic acids is 1. The molecule has 2 fully saturated rings. The molecule has 4 N–H and O–H groups in total. The number of benzene rings is 1. The summed E-state index contributed by atoms with van der Waals surface area (Å²) in [5, 5.41) is 7.62. The molecule has 1 saturated heterocycles. The lowest BCUT2D eigenvalue weighted by molar-refractivity contribution is 0.0533. The molecule has 2 aliphatic rings. The van der Waals surface area contributed by atoms with E-state index < -0.39 is 6.17 Å². The smallest absolute Gasteiger partial charge is 0.256 e. The topological polar surface area (TPSA) is 92.5 Å². The molecule has 31 heavy (non-hydrogen) atoms. The first-order valence-corrected chi connectivity index (χ1v) is 11.5. The molecule has 1 amide bonds. The molecule has 168 valence electrons. The second kappa shape index (κ2) is 9.94. The minimum Gasteiger partial charge on any atom is -0.378 e. The fourth-order valence-corrected chi connectivity index (χ4v) is 4.91. The summed E-state index contributed by atoms with van der Waals surface area (Å²) in [6.45, 7) is 3.29. The predicted octanol–water partition coefficient (Wildman–Crippen LogP) is 2.79. The van der Waals surface area contributed by atoms with Crippen LogP contribution in [0.1, 0.15) is 55.8 Å². The molecule has 2 unspecified atom stereocenters. The first kappa shape index (κ1) is 22.0. The minimum atomic E-state index is -0.427. The fraction of sp³-hybridized carbons (Fsp3) is 0.583. The highest BCUT2D eigenvalue weighted by Crippen LogP contribution is 2.28. The number of carbonyl (C=O) groups is 1. The molecule has 1 aliphatic carbocycles. The van der Waals surface area contributed by atoms with E-state index in [4.69, 9.17) is 15.5 Å². The van der Waals surface area contributed by atoms with Crippen LogP contribution in [0.2, 0.25) is 0 Å². The Kier molecular flexibility index (Phi) is 7.05. The van der Waals surface area contributed by atoms with Gasteiger partial charge in [-0.2, -0.15) is 0 Å². The van der Waals surface area contributed by atoms with Gasteiger partial charge in [0.05, 0.1) is 23.3 Å². The van der Waals surface area contributed by atoms with E-state index in [9.17, 15) is 4.79 Å². The number of methoxy groups -OCH3 is 1. The van der Waals surface area contributed by atoms with Crippen molar-refractivity contribution < 1.29 is 9.53 Å². The maximum absolute atomic E-state index is 12.9. The van der Waals surface area contributed by atoms with Gasteiger partial charge in [-0.15, -0.1) is 0 Å². The first-order chi connectivity index (χ1) is 15.0. The molecule has 4 rings (SSSR count). The Bertz CT molecular complexity index is 897. The lowest BCUT2D eigenvalue weighted by Gasteiger charge is -2.41. The van der Waals surface area contributed by atoms with Crippen molar-refractivity contribution in [2.75, 3.05) is 25.1 Å². The Hall–Kier alpha value is -2.22. The number of pyridine rings is 1. The lowest BCUT2D eigenvalue weighted by Crippen LogP contribution is -2.56.